The van der Waals surface area contributed by atoms with E-state index >= 15 is 0 Å². The molecule has 5 aliphatic carbocycles. The highest BCUT2D eigenvalue weighted by atomic mass is 16.5. The Labute approximate surface area is 127 Å². The van der Waals surface area contributed by atoms with Crippen molar-refractivity contribution < 1.29 is 9.53 Å². The minimum atomic E-state index is -0.161. The summed E-state index contributed by atoms with van der Waals surface area (Å²) in [6.07, 6.45) is 8.69. The summed E-state index contributed by atoms with van der Waals surface area (Å²) in [5, 5.41) is 0. The fraction of sp³-hybridized carbons (Fsp3) is 0.842. The smallest absolute Gasteiger partial charge is 0.333 e. The maximum atomic E-state index is 11.9. The molecule has 4 bridgehead atoms. The van der Waals surface area contributed by atoms with Gasteiger partial charge in [0.05, 0.1) is 0 Å². The van der Waals surface area contributed by atoms with E-state index in [1.807, 2.05) is 0 Å². The van der Waals surface area contributed by atoms with Crippen LogP contribution in [-0.4, -0.2) is 12.1 Å². The third kappa shape index (κ3) is 1.52. The molecule has 5 rings (SSSR count). The van der Waals surface area contributed by atoms with E-state index in [9.17, 15) is 4.79 Å². The molecule has 9 unspecified atom stereocenters. The third-order valence-electron chi connectivity index (χ3n) is 7.94. The molecule has 0 saturated heterocycles. The van der Waals surface area contributed by atoms with Gasteiger partial charge in [-0.05, 0) is 86.4 Å². The Bertz CT molecular complexity index is 510. The van der Waals surface area contributed by atoms with Crippen LogP contribution in [-0.2, 0) is 9.53 Å². The number of carbonyl (C=O) groups excluding carboxylic acids is 1. The second kappa shape index (κ2) is 4.14. The van der Waals surface area contributed by atoms with Gasteiger partial charge in [-0.25, -0.2) is 4.79 Å². The zero-order valence-electron chi connectivity index (χ0n) is 13.0. The molecular formula is C19H26O2. The average molecular weight is 286 g/mol. The van der Waals surface area contributed by atoms with Gasteiger partial charge in [0, 0.05) is 5.57 Å². The first kappa shape index (κ1) is 12.7. The van der Waals surface area contributed by atoms with Crippen LogP contribution < -0.4 is 0 Å². The van der Waals surface area contributed by atoms with E-state index in [1.165, 1.54) is 32.1 Å². The summed E-state index contributed by atoms with van der Waals surface area (Å²) in [6, 6.07) is 0. The Balaban J connectivity index is 1.39. The van der Waals surface area contributed by atoms with E-state index in [1.54, 1.807) is 6.92 Å². The number of hydrogen-bond donors (Lipinski definition) is 0. The third-order valence-corrected chi connectivity index (χ3v) is 7.94. The maximum absolute atomic E-state index is 11.9. The van der Waals surface area contributed by atoms with Crippen molar-refractivity contribution >= 4 is 5.97 Å². The SMILES string of the molecule is C=C(C)C(=O)OC1CC2CC1C1C3CC(C4CCCC43)C21. The van der Waals surface area contributed by atoms with Crippen molar-refractivity contribution in [3.8, 4) is 0 Å². The van der Waals surface area contributed by atoms with Gasteiger partial charge in [0.15, 0.2) is 0 Å². The van der Waals surface area contributed by atoms with E-state index in [0.717, 1.165) is 47.8 Å². The van der Waals surface area contributed by atoms with E-state index < -0.39 is 0 Å². The lowest BCUT2D eigenvalue weighted by atomic mass is 9.64. The van der Waals surface area contributed by atoms with Crippen molar-refractivity contribution in [3.05, 3.63) is 12.2 Å². The number of fused-ring (bicyclic) bond motifs is 12. The molecule has 114 valence electrons. The van der Waals surface area contributed by atoms with Crippen LogP contribution in [0.25, 0.3) is 0 Å². The number of carbonyl (C=O) groups is 1. The predicted molar refractivity (Wildman–Crippen MR) is 80.3 cm³/mol. The van der Waals surface area contributed by atoms with Crippen molar-refractivity contribution in [1.82, 2.24) is 0 Å². The van der Waals surface area contributed by atoms with E-state index in [0.29, 0.717) is 11.5 Å². The fourth-order valence-electron chi connectivity index (χ4n) is 7.63. The van der Waals surface area contributed by atoms with Crippen molar-refractivity contribution in [3.63, 3.8) is 0 Å². The molecule has 5 saturated carbocycles. The Morgan fingerprint density at radius 2 is 1.67 bits per heavy atom. The molecule has 0 N–H and O–H groups in total. The van der Waals surface area contributed by atoms with Crippen LogP contribution in [0, 0.1) is 47.3 Å². The lowest BCUT2D eigenvalue weighted by Gasteiger charge is -2.43. The zero-order chi connectivity index (χ0) is 14.3. The van der Waals surface area contributed by atoms with Crippen LogP contribution in [0.2, 0.25) is 0 Å². The fourth-order valence-corrected chi connectivity index (χ4v) is 7.63. The number of ether oxygens (including phenoxy) is 1. The zero-order valence-corrected chi connectivity index (χ0v) is 13.0. The molecule has 5 aliphatic rings. The maximum Gasteiger partial charge on any atom is 0.333 e. The van der Waals surface area contributed by atoms with Crippen LogP contribution in [0.1, 0.15) is 45.4 Å². The number of hydrogen-bond acceptors (Lipinski definition) is 2. The van der Waals surface area contributed by atoms with Gasteiger partial charge >= 0.3 is 5.97 Å². The van der Waals surface area contributed by atoms with E-state index in [2.05, 4.69) is 6.58 Å². The quantitative estimate of drug-likeness (QED) is 0.438. The second-order valence-corrected chi connectivity index (χ2v) is 8.60. The first-order valence-corrected chi connectivity index (χ1v) is 9.01. The van der Waals surface area contributed by atoms with Gasteiger partial charge in [0.2, 0.25) is 0 Å². The van der Waals surface area contributed by atoms with Crippen molar-refractivity contribution in [2.24, 2.45) is 47.3 Å². The summed E-state index contributed by atoms with van der Waals surface area (Å²) in [5.74, 6) is 7.41. The highest BCUT2D eigenvalue weighted by Crippen LogP contribution is 2.73. The molecule has 0 heterocycles. The van der Waals surface area contributed by atoms with Crippen LogP contribution in [0.5, 0.6) is 0 Å². The van der Waals surface area contributed by atoms with E-state index in [-0.39, 0.29) is 12.1 Å². The monoisotopic (exact) mass is 286 g/mol. The van der Waals surface area contributed by atoms with Crippen molar-refractivity contribution in [1.29, 1.82) is 0 Å². The van der Waals surface area contributed by atoms with Crippen LogP contribution in [0.3, 0.4) is 0 Å². The molecule has 0 amide bonds. The molecule has 0 aromatic rings. The second-order valence-electron chi connectivity index (χ2n) is 8.60. The molecule has 0 radical (unpaired) electrons. The summed E-state index contributed by atoms with van der Waals surface area (Å²) >= 11 is 0. The van der Waals surface area contributed by atoms with Gasteiger partial charge in [0.25, 0.3) is 0 Å². The first-order chi connectivity index (χ1) is 10.1. The lowest BCUT2D eigenvalue weighted by molar-refractivity contribution is -0.149. The van der Waals surface area contributed by atoms with Crippen LogP contribution in [0.4, 0.5) is 0 Å². The number of esters is 1. The summed E-state index contributed by atoms with van der Waals surface area (Å²) in [7, 11) is 0. The van der Waals surface area contributed by atoms with Gasteiger partial charge < -0.3 is 4.74 Å². The molecule has 2 nitrogen and oxygen atoms in total. The molecule has 5 fully saturated rings. The van der Waals surface area contributed by atoms with Crippen LogP contribution >= 0.6 is 0 Å². The molecule has 2 heteroatoms. The van der Waals surface area contributed by atoms with Gasteiger partial charge in [-0.3, -0.25) is 0 Å². The molecular weight excluding hydrogens is 260 g/mol. The Morgan fingerprint density at radius 1 is 0.952 bits per heavy atom. The molecule has 21 heavy (non-hydrogen) atoms. The summed E-state index contributed by atoms with van der Waals surface area (Å²) in [6.45, 7) is 5.50. The predicted octanol–water partition coefficient (Wildman–Crippen LogP) is 3.81. The van der Waals surface area contributed by atoms with Gasteiger partial charge in [0.1, 0.15) is 6.10 Å². The van der Waals surface area contributed by atoms with E-state index in [4.69, 9.17) is 4.74 Å². The van der Waals surface area contributed by atoms with Gasteiger partial charge in [-0.2, -0.15) is 0 Å². The minimum Gasteiger partial charge on any atom is -0.459 e. The topological polar surface area (TPSA) is 26.3 Å². The van der Waals surface area contributed by atoms with Crippen molar-refractivity contribution in [2.45, 2.75) is 51.6 Å². The van der Waals surface area contributed by atoms with Crippen LogP contribution in [0.15, 0.2) is 12.2 Å². The average Bonchev–Trinajstić information content (AvgIpc) is 3.20. The van der Waals surface area contributed by atoms with Gasteiger partial charge in [-0.1, -0.05) is 13.0 Å². The number of rotatable bonds is 2. The Hall–Kier alpha value is -0.790. The highest BCUT2D eigenvalue weighted by Gasteiger charge is 2.68. The normalized spacial score (nSPS) is 55.6. The van der Waals surface area contributed by atoms with Gasteiger partial charge in [-0.15, -0.1) is 0 Å². The Morgan fingerprint density at radius 3 is 2.38 bits per heavy atom. The first-order valence-electron chi connectivity index (χ1n) is 9.01. The molecule has 0 aliphatic heterocycles. The largest absolute Gasteiger partial charge is 0.459 e. The molecule has 0 aromatic carbocycles. The summed E-state index contributed by atoms with van der Waals surface area (Å²) < 4.78 is 5.80. The molecule has 0 aromatic heterocycles. The standard InChI is InChI=1S/C19H26O2/c1-9(2)19(20)21-16-7-10-6-15(16)18-14-8-13(17(10)18)11-4-3-5-12(11)14/h10-18H,1,3-8H2,2H3. The minimum absolute atomic E-state index is 0.161. The molecule has 9 atom stereocenters. The summed E-state index contributed by atoms with van der Waals surface area (Å²) in [4.78, 5) is 11.9. The highest BCUT2D eigenvalue weighted by molar-refractivity contribution is 5.87. The molecule has 0 spiro atoms. The summed E-state index contributed by atoms with van der Waals surface area (Å²) in [5.41, 5.74) is 0.554. The lowest BCUT2D eigenvalue weighted by Crippen LogP contribution is -2.41. The van der Waals surface area contributed by atoms with Crippen molar-refractivity contribution in [2.75, 3.05) is 0 Å². The Kier molecular flexibility index (Phi) is 2.51.